The largest absolute Gasteiger partial charge is 0.449 e. The summed E-state index contributed by atoms with van der Waals surface area (Å²) in [5.41, 5.74) is 0.931. The minimum atomic E-state index is -1.22. The zero-order valence-corrected chi connectivity index (χ0v) is 16.9. The van der Waals surface area contributed by atoms with Crippen LogP contribution >= 0.6 is 10.3 Å². The van der Waals surface area contributed by atoms with Gasteiger partial charge < -0.3 is 13.7 Å². The molecule has 0 atom stereocenters. The number of hydrogen-bond acceptors (Lipinski definition) is 4. The van der Waals surface area contributed by atoms with Crippen molar-refractivity contribution in [2.75, 3.05) is 25.7 Å². The van der Waals surface area contributed by atoms with Crippen LogP contribution in [-0.2, 0) is 20.7 Å². The summed E-state index contributed by atoms with van der Waals surface area (Å²) in [6.07, 6.45) is 3.85. The lowest BCUT2D eigenvalue weighted by Crippen LogP contribution is -2.29. The molecule has 0 radical (unpaired) electrons. The fourth-order valence-electron chi connectivity index (χ4n) is 1.85. The maximum Gasteiger partial charge on any atom is 0.218 e. The van der Waals surface area contributed by atoms with E-state index in [1.54, 1.807) is 0 Å². The van der Waals surface area contributed by atoms with E-state index in [9.17, 15) is 4.79 Å². The van der Waals surface area contributed by atoms with Crippen LogP contribution in [0.2, 0.25) is 0 Å². The quantitative estimate of drug-likeness (QED) is 0.617. The topological polar surface area (TPSA) is 44.8 Å². The molecule has 0 saturated carbocycles. The first kappa shape index (κ1) is 21.0. The monoisotopic (exact) mass is 356 g/mol. The first-order chi connectivity index (χ1) is 11.1. The van der Waals surface area contributed by atoms with E-state index < -0.39 is 16.6 Å². The standard InChI is InChI=1S/C19H32O4S/c1-8-21-18(22-9-2)17(20)14-15-10-12-16(13-11-15)23-24(6,7)19(3,4)5/h10-13,18H,8-9,14H2,1-7H3. The van der Waals surface area contributed by atoms with Crippen LogP contribution in [0.1, 0.15) is 40.2 Å². The molecule has 1 rings (SSSR count). The highest BCUT2D eigenvalue weighted by molar-refractivity contribution is 8.30. The molecule has 138 valence electrons. The molecule has 5 heteroatoms. The minimum absolute atomic E-state index is 0.0620. The van der Waals surface area contributed by atoms with Gasteiger partial charge in [-0.1, -0.05) is 22.4 Å². The van der Waals surface area contributed by atoms with Crippen LogP contribution in [-0.4, -0.2) is 42.5 Å². The summed E-state index contributed by atoms with van der Waals surface area (Å²) < 4.78 is 17.0. The third-order valence-corrected chi connectivity index (χ3v) is 7.54. The third kappa shape index (κ3) is 6.11. The van der Waals surface area contributed by atoms with Crippen molar-refractivity contribution >= 4 is 16.1 Å². The molecule has 4 nitrogen and oxygen atoms in total. The SMILES string of the molecule is CCOC(OCC)C(=O)Cc1ccc(OS(C)(C)C(C)(C)C)cc1. The number of rotatable bonds is 9. The van der Waals surface area contributed by atoms with E-state index in [4.69, 9.17) is 13.7 Å². The van der Waals surface area contributed by atoms with Gasteiger partial charge in [0.25, 0.3) is 0 Å². The van der Waals surface area contributed by atoms with Crippen LogP contribution in [0.3, 0.4) is 0 Å². The van der Waals surface area contributed by atoms with Crippen LogP contribution in [0.5, 0.6) is 5.75 Å². The van der Waals surface area contributed by atoms with Crippen LogP contribution in [0, 0.1) is 0 Å². The molecule has 0 unspecified atom stereocenters. The number of benzene rings is 1. The van der Waals surface area contributed by atoms with Crippen molar-refractivity contribution in [3.05, 3.63) is 29.8 Å². The molecule has 0 fully saturated rings. The highest BCUT2D eigenvalue weighted by atomic mass is 32.3. The Morgan fingerprint density at radius 1 is 1.04 bits per heavy atom. The Hall–Kier alpha value is -1.04. The van der Waals surface area contributed by atoms with Crippen molar-refractivity contribution in [1.82, 2.24) is 0 Å². The van der Waals surface area contributed by atoms with Gasteiger partial charge in [0.15, 0.2) is 5.78 Å². The van der Waals surface area contributed by atoms with E-state index >= 15 is 0 Å². The maximum absolute atomic E-state index is 12.3. The van der Waals surface area contributed by atoms with Gasteiger partial charge in [-0.15, -0.1) is 0 Å². The molecule has 1 aromatic rings. The smallest absolute Gasteiger partial charge is 0.218 e. The zero-order valence-electron chi connectivity index (χ0n) is 16.0. The lowest BCUT2D eigenvalue weighted by Gasteiger charge is -2.43. The average molecular weight is 357 g/mol. The van der Waals surface area contributed by atoms with Crippen molar-refractivity contribution < 1.29 is 18.5 Å². The Labute approximate surface area is 148 Å². The zero-order chi connectivity index (χ0) is 18.4. The van der Waals surface area contributed by atoms with Crippen LogP contribution in [0.15, 0.2) is 24.3 Å². The summed E-state index contributed by atoms with van der Waals surface area (Å²) in [6.45, 7) is 11.2. The van der Waals surface area contributed by atoms with Gasteiger partial charge >= 0.3 is 0 Å². The number of Topliss-reactive ketones (excluding diaryl/α,β-unsaturated/α-hetero) is 1. The predicted molar refractivity (Wildman–Crippen MR) is 102 cm³/mol. The number of ketones is 1. The first-order valence-electron chi connectivity index (χ1n) is 8.38. The van der Waals surface area contributed by atoms with Crippen LogP contribution in [0.25, 0.3) is 0 Å². The molecule has 0 aliphatic heterocycles. The van der Waals surface area contributed by atoms with Crippen LogP contribution in [0.4, 0.5) is 0 Å². The Morgan fingerprint density at radius 3 is 1.96 bits per heavy atom. The molecule has 0 heterocycles. The van der Waals surface area contributed by atoms with Crippen molar-refractivity contribution in [3.8, 4) is 5.75 Å². The molecule has 0 bridgehead atoms. The van der Waals surface area contributed by atoms with Gasteiger partial charge in [0, 0.05) is 24.4 Å². The molecule has 0 aliphatic carbocycles. The minimum Gasteiger partial charge on any atom is -0.449 e. The fourth-order valence-corrected chi connectivity index (χ4v) is 2.69. The molecular formula is C19H32O4S. The molecule has 0 amide bonds. The fraction of sp³-hybridized carbons (Fsp3) is 0.632. The van der Waals surface area contributed by atoms with E-state index in [-0.39, 0.29) is 10.5 Å². The number of carbonyl (C=O) groups excluding carboxylic acids is 1. The Balaban J connectivity index is 2.72. The number of ether oxygens (including phenoxy) is 2. The van der Waals surface area contributed by atoms with Gasteiger partial charge in [-0.05, 0) is 64.8 Å². The highest BCUT2D eigenvalue weighted by Crippen LogP contribution is 2.53. The Morgan fingerprint density at radius 2 is 1.54 bits per heavy atom. The van der Waals surface area contributed by atoms with Gasteiger partial charge in [-0.2, -0.15) is 0 Å². The van der Waals surface area contributed by atoms with Gasteiger partial charge in [0.05, 0.1) is 0 Å². The summed E-state index contributed by atoms with van der Waals surface area (Å²) in [7, 11) is -1.22. The maximum atomic E-state index is 12.3. The second-order valence-electron chi connectivity index (χ2n) is 6.96. The van der Waals surface area contributed by atoms with E-state index in [2.05, 4.69) is 33.3 Å². The Bertz CT molecular complexity index is 511. The van der Waals surface area contributed by atoms with Crippen molar-refractivity contribution in [2.24, 2.45) is 0 Å². The summed E-state index contributed by atoms with van der Waals surface area (Å²) in [4.78, 5) is 12.3. The van der Waals surface area contributed by atoms with E-state index in [0.29, 0.717) is 19.6 Å². The number of hydrogen-bond donors (Lipinski definition) is 0. The van der Waals surface area contributed by atoms with Crippen molar-refractivity contribution in [1.29, 1.82) is 0 Å². The molecular weight excluding hydrogens is 324 g/mol. The molecule has 1 aromatic carbocycles. The molecule has 24 heavy (non-hydrogen) atoms. The Kier molecular flexibility index (Phi) is 7.77. The van der Waals surface area contributed by atoms with Gasteiger partial charge in [0.1, 0.15) is 5.75 Å². The lowest BCUT2D eigenvalue weighted by molar-refractivity contribution is -0.167. The molecule has 0 aliphatic rings. The molecule has 0 N–H and O–H groups in total. The molecule has 0 saturated heterocycles. The van der Waals surface area contributed by atoms with Gasteiger partial charge in [-0.25, -0.2) is 0 Å². The lowest BCUT2D eigenvalue weighted by atomic mass is 10.1. The second-order valence-corrected chi connectivity index (χ2v) is 10.8. The highest BCUT2D eigenvalue weighted by Gasteiger charge is 2.30. The van der Waals surface area contributed by atoms with Gasteiger partial charge in [-0.3, -0.25) is 4.79 Å². The molecule has 0 aromatic heterocycles. The summed E-state index contributed by atoms with van der Waals surface area (Å²) in [5.74, 6) is 0.778. The van der Waals surface area contributed by atoms with E-state index in [0.717, 1.165) is 11.3 Å². The average Bonchev–Trinajstić information content (AvgIpc) is 2.47. The number of carbonyl (C=O) groups is 1. The van der Waals surface area contributed by atoms with Crippen molar-refractivity contribution in [3.63, 3.8) is 0 Å². The third-order valence-electron chi connectivity index (χ3n) is 3.98. The summed E-state index contributed by atoms with van der Waals surface area (Å²) in [6, 6.07) is 7.72. The van der Waals surface area contributed by atoms with E-state index in [1.165, 1.54) is 0 Å². The normalized spacial score (nSPS) is 13.2. The summed E-state index contributed by atoms with van der Waals surface area (Å²) >= 11 is 0. The van der Waals surface area contributed by atoms with Crippen molar-refractivity contribution in [2.45, 2.75) is 52.1 Å². The van der Waals surface area contributed by atoms with E-state index in [1.807, 2.05) is 38.1 Å². The predicted octanol–water partition coefficient (Wildman–Crippen LogP) is 4.35. The summed E-state index contributed by atoms with van der Waals surface area (Å²) in [5, 5.41) is 0. The first-order valence-corrected chi connectivity index (χ1v) is 10.8. The van der Waals surface area contributed by atoms with Gasteiger partial charge in [0.2, 0.25) is 6.29 Å². The second kappa shape index (κ2) is 8.88. The molecule has 0 spiro atoms. The van der Waals surface area contributed by atoms with Crippen LogP contribution < -0.4 is 4.18 Å².